The van der Waals surface area contributed by atoms with Crippen LogP contribution in [0.1, 0.15) is 24.5 Å². The molecule has 5 nitrogen and oxygen atoms in total. The molecule has 152 valence electrons. The third-order valence-corrected chi connectivity index (χ3v) is 5.40. The summed E-state index contributed by atoms with van der Waals surface area (Å²) in [6, 6.07) is 13.2. The van der Waals surface area contributed by atoms with E-state index in [9.17, 15) is 4.79 Å². The number of nitrogens with one attached hydrogen (secondary N) is 1. The number of hydrogen-bond donors (Lipinski definition) is 1. The molecule has 3 rings (SSSR count). The first-order valence-corrected chi connectivity index (χ1v) is 10.4. The average molecular weight is 431 g/mol. The Morgan fingerprint density at radius 2 is 1.86 bits per heavy atom. The molecule has 0 aliphatic carbocycles. The first-order chi connectivity index (χ1) is 14.0. The number of benzene rings is 2. The van der Waals surface area contributed by atoms with Gasteiger partial charge in [-0.2, -0.15) is 0 Å². The van der Waals surface area contributed by atoms with Gasteiger partial charge in [-0.05, 0) is 48.2 Å². The number of aromatic nitrogens is 2. The Hall–Kier alpha value is -2.50. The number of hydrogen-bond acceptors (Lipinski definition) is 2. The molecule has 0 saturated heterocycles. The zero-order chi connectivity index (χ0) is 20.6. The molecule has 7 heteroatoms. The van der Waals surface area contributed by atoms with E-state index >= 15 is 0 Å². The molecule has 0 radical (unpaired) electrons. The molecule has 1 heterocycles. The minimum Gasteiger partial charge on any atom is -0.337 e. The molecule has 0 bridgehead atoms. The SMILES string of the molecule is CCc1ccc(NC(=O)N(CCCn2ccnc2)Cc2ccc(Cl)c(Cl)c2)cc1. The van der Waals surface area contributed by atoms with Gasteiger partial charge >= 0.3 is 6.03 Å². The van der Waals surface area contributed by atoms with Gasteiger partial charge in [-0.3, -0.25) is 0 Å². The van der Waals surface area contributed by atoms with Gasteiger partial charge in [0, 0.05) is 37.7 Å². The van der Waals surface area contributed by atoms with E-state index in [1.54, 1.807) is 29.6 Å². The Labute approximate surface area is 181 Å². The summed E-state index contributed by atoms with van der Waals surface area (Å²) in [5.41, 5.74) is 2.94. The summed E-state index contributed by atoms with van der Waals surface area (Å²) in [5, 5.41) is 3.98. The second kappa shape index (κ2) is 10.3. The second-order valence-electron chi connectivity index (χ2n) is 6.80. The van der Waals surface area contributed by atoms with Gasteiger partial charge in [-0.1, -0.05) is 48.3 Å². The lowest BCUT2D eigenvalue weighted by atomic mass is 10.1. The number of rotatable bonds is 8. The van der Waals surface area contributed by atoms with Crippen LogP contribution in [-0.4, -0.2) is 27.0 Å². The smallest absolute Gasteiger partial charge is 0.322 e. The highest BCUT2D eigenvalue weighted by Crippen LogP contribution is 2.23. The fraction of sp³-hybridized carbons (Fsp3) is 0.273. The molecule has 0 aliphatic rings. The Morgan fingerprint density at radius 3 is 2.52 bits per heavy atom. The fourth-order valence-electron chi connectivity index (χ4n) is 3.00. The summed E-state index contributed by atoms with van der Waals surface area (Å²) in [6.45, 7) is 3.93. The number of carbonyl (C=O) groups is 1. The van der Waals surface area contributed by atoms with Gasteiger partial charge in [0.15, 0.2) is 0 Å². The van der Waals surface area contributed by atoms with Gasteiger partial charge in [0.25, 0.3) is 0 Å². The van der Waals surface area contributed by atoms with E-state index < -0.39 is 0 Å². The van der Waals surface area contributed by atoms with Crippen LogP contribution in [-0.2, 0) is 19.5 Å². The van der Waals surface area contributed by atoms with Crippen LogP contribution in [0.3, 0.4) is 0 Å². The normalized spacial score (nSPS) is 10.7. The van der Waals surface area contributed by atoms with Gasteiger partial charge in [-0.15, -0.1) is 0 Å². The second-order valence-corrected chi connectivity index (χ2v) is 7.62. The Bertz CT molecular complexity index is 926. The van der Waals surface area contributed by atoms with Crippen molar-refractivity contribution >= 4 is 34.9 Å². The van der Waals surface area contributed by atoms with Crippen LogP contribution >= 0.6 is 23.2 Å². The number of imidazole rings is 1. The fourth-order valence-corrected chi connectivity index (χ4v) is 3.32. The summed E-state index contributed by atoms with van der Waals surface area (Å²) in [4.78, 5) is 18.8. The van der Waals surface area contributed by atoms with Crippen molar-refractivity contribution in [2.45, 2.75) is 32.9 Å². The summed E-state index contributed by atoms with van der Waals surface area (Å²) < 4.78 is 2.00. The van der Waals surface area contributed by atoms with Gasteiger partial charge in [0.05, 0.1) is 16.4 Å². The van der Waals surface area contributed by atoms with Crippen LogP contribution < -0.4 is 5.32 Å². The lowest BCUT2D eigenvalue weighted by Crippen LogP contribution is -2.35. The predicted molar refractivity (Wildman–Crippen MR) is 119 cm³/mol. The van der Waals surface area contributed by atoms with Crippen molar-refractivity contribution in [3.05, 3.63) is 82.4 Å². The molecular weight excluding hydrogens is 407 g/mol. The number of anilines is 1. The monoisotopic (exact) mass is 430 g/mol. The van der Waals surface area contributed by atoms with E-state index in [-0.39, 0.29) is 6.03 Å². The summed E-state index contributed by atoms with van der Waals surface area (Å²) in [7, 11) is 0. The molecule has 0 unspecified atom stereocenters. The Morgan fingerprint density at radius 1 is 1.10 bits per heavy atom. The molecular formula is C22H24Cl2N4O. The van der Waals surface area contributed by atoms with Gasteiger partial charge in [0.2, 0.25) is 0 Å². The molecule has 0 saturated carbocycles. The molecule has 0 atom stereocenters. The molecule has 1 N–H and O–H groups in total. The molecule has 3 aromatic rings. The summed E-state index contributed by atoms with van der Waals surface area (Å²) in [6.07, 6.45) is 7.21. The van der Waals surface area contributed by atoms with Crippen LogP contribution in [0.25, 0.3) is 0 Å². The lowest BCUT2D eigenvalue weighted by Gasteiger charge is -2.24. The van der Waals surface area contributed by atoms with Crippen LogP contribution in [0.15, 0.2) is 61.2 Å². The molecule has 1 aromatic heterocycles. The Balaban J connectivity index is 1.68. The van der Waals surface area contributed by atoms with Crippen molar-refractivity contribution < 1.29 is 4.79 Å². The van der Waals surface area contributed by atoms with E-state index in [2.05, 4.69) is 17.2 Å². The van der Waals surface area contributed by atoms with Crippen molar-refractivity contribution in [1.82, 2.24) is 14.5 Å². The lowest BCUT2D eigenvalue weighted by molar-refractivity contribution is 0.207. The van der Waals surface area contributed by atoms with E-state index in [4.69, 9.17) is 23.2 Å². The van der Waals surface area contributed by atoms with E-state index in [0.29, 0.717) is 23.1 Å². The zero-order valence-electron chi connectivity index (χ0n) is 16.3. The third kappa shape index (κ3) is 6.24. The highest BCUT2D eigenvalue weighted by atomic mass is 35.5. The zero-order valence-corrected chi connectivity index (χ0v) is 17.8. The van der Waals surface area contributed by atoms with Crippen molar-refractivity contribution in [2.24, 2.45) is 0 Å². The highest BCUT2D eigenvalue weighted by molar-refractivity contribution is 6.42. The maximum absolute atomic E-state index is 13.0. The maximum Gasteiger partial charge on any atom is 0.322 e. The predicted octanol–water partition coefficient (Wildman–Crippen LogP) is 5.88. The minimum absolute atomic E-state index is 0.147. The molecule has 29 heavy (non-hydrogen) atoms. The van der Waals surface area contributed by atoms with Crippen molar-refractivity contribution in [2.75, 3.05) is 11.9 Å². The molecule has 2 amide bonds. The van der Waals surface area contributed by atoms with Crippen LogP contribution in [0.2, 0.25) is 10.0 Å². The number of carbonyl (C=O) groups excluding carboxylic acids is 1. The van der Waals surface area contributed by atoms with Gasteiger partial charge in [0.1, 0.15) is 0 Å². The quantitative estimate of drug-likeness (QED) is 0.485. The summed E-state index contributed by atoms with van der Waals surface area (Å²) in [5.74, 6) is 0. The van der Waals surface area contributed by atoms with Crippen LogP contribution in [0.4, 0.5) is 10.5 Å². The van der Waals surface area contributed by atoms with E-state index in [1.165, 1.54) is 5.56 Å². The number of halogens is 2. The van der Waals surface area contributed by atoms with Gasteiger partial charge < -0.3 is 14.8 Å². The number of nitrogens with zero attached hydrogens (tertiary/aromatic N) is 3. The first kappa shape index (κ1) is 21.2. The molecule has 0 aliphatic heterocycles. The number of aryl methyl sites for hydroxylation is 2. The third-order valence-electron chi connectivity index (χ3n) is 4.66. The van der Waals surface area contributed by atoms with E-state index in [1.807, 2.05) is 41.1 Å². The van der Waals surface area contributed by atoms with E-state index in [0.717, 1.165) is 30.6 Å². The number of urea groups is 1. The largest absolute Gasteiger partial charge is 0.337 e. The minimum atomic E-state index is -0.147. The topological polar surface area (TPSA) is 50.2 Å². The number of amides is 2. The summed E-state index contributed by atoms with van der Waals surface area (Å²) >= 11 is 12.2. The van der Waals surface area contributed by atoms with Crippen molar-refractivity contribution in [1.29, 1.82) is 0 Å². The highest BCUT2D eigenvalue weighted by Gasteiger charge is 2.15. The van der Waals surface area contributed by atoms with Crippen molar-refractivity contribution in [3.8, 4) is 0 Å². The molecule has 2 aromatic carbocycles. The Kier molecular flexibility index (Phi) is 7.55. The first-order valence-electron chi connectivity index (χ1n) is 9.59. The average Bonchev–Trinajstić information content (AvgIpc) is 3.24. The molecule has 0 spiro atoms. The molecule has 0 fully saturated rings. The standard InChI is InChI=1S/C22H24Cl2N4O/c1-2-17-4-7-19(8-5-17)26-22(29)28(12-3-11-27-13-10-25-16-27)15-18-6-9-20(23)21(24)14-18/h4-10,13-14,16H,2-3,11-12,15H2,1H3,(H,26,29). The van der Waals surface area contributed by atoms with Crippen LogP contribution in [0.5, 0.6) is 0 Å². The van der Waals surface area contributed by atoms with Crippen LogP contribution in [0, 0.1) is 0 Å². The maximum atomic E-state index is 13.0. The van der Waals surface area contributed by atoms with Gasteiger partial charge in [-0.25, -0.2) is 9.78 Å². The van der Waals surface area contributed by atoms with Crippen molar-refractivity contribution in [3.63, 3.8) is 0 Å².